The summed E-state index contributed by atoms with van der Waals surface area (Å²) < 4.78 is 11.3. The summed E-state index contributed by atoms with van der Waals surface area (Å²) in [6.07, 6.45) is 3.88. The van der Waals surface area contributed by atoms with Gasteiger partial charge >= 0.3 is 0 Å². The number of aromatic hydroxyl groups is 2. The number of benzene rings is 3. The largest absolute Gasteiger partial charge is 0.508 e. The summed E-state index contributed by atoms with van der Waals surface area (Å²) in [7, 11) is 0. The average Bonchev–Trinajstić information content (AvgIpc) is 2.87. The van der Waals surface area contributed by atoms with E-state index in [0.29, 0.717) is 35.8 Å². The van der Waals surface area contributed by atoms with Gasteiger partial charge in [-0.3, -0.25) is 9.59 Å². The molecule has 0 bridgehead atoms. The van der Waals surface area contributed by atoms with Crippen molar-refractivity contribution in [2.75, 3.05) is 13.2 Å². The highest BCUT2D eigenvalue weighted by Gasteiger charge is 2.32. The molecule has 0 saturated carbocycles. The first-order valence-corrected chi connectivity index (χ1v) is 12.0. The Morgan fingerprint density at radius 3 is 1.60 bits per heavy atom. The molecule has 0 atom stereocenters. The maximum Gasteiger partial charge on any atom is 0.178 e. The third-order valence-electron chi connectivity index (χ3n) is 5.66. The highest BCUT2D eigenvalue weighted by Crippen LogP contribution is 2.34. The predicted octanol–water partition coefficient (Wildman–Crippen LogP) is 6.31. The van der Waals surface area contributed by atoms with Crippen molar-refractivity contribution in [3.8, 4) is 23.0 Å². The van der Waals surface area contributed by atoms with Gasteiger partial charge in [0.05, 0.1) is 13.2 Å². The summed E-state index contributed by atoms with van der Waals surface area (Å²) in [6, 6.07) is 17.0. The Labute approximate surface area is 206 Å². The molecule has 0 unspecified atom stereocenters. The molecule has 35 heavy (non-hydrogen) atoms. The van der Waals surface area contributed by atoms with Gasteiger partial charge in [0, 0.05) is 16.7 Å². The minimum Gasteiger partial charge on any atom is -0.508 e. The van der Waals surface area contributed by atoms with Crippen LogP contribution in [0.5, 0.6) is 23.0 Å². The number of ketones is 2. The standard InChI is InChI=1S/C29H32O6/c1-3-5-17-34-23-12-7-20(8-13-23)28(32)27(25-19-22(30)11-16-26(25)31)29(33)21-9-14-24(15-10-21)35-18-6-4-2/h7-16,19,27,30-31H,3-6,17-18H2,1-2H3. The third kappa shape index (κ3) is 6.85. The molecule has 3 rings (SSSR count). The van der Waals surface area contributed by atoms with Gasteiger partial charge in [-0.25, -0.2) is 0 Å². The minimum atomic E-state index is -1.33. The van der Waals surface area contributed by atoms with E-state index in [0.717, 1.165) is 25.7 Å². The molecule has 0 amide bonds. The van der Waals surface area contributed by atoms with Crippen LogP contribution >= 0.6 is 0 Å². The molecule has 0 heterocycles. The number of hydrogen-bond donors (Lipinski definition) is 2. The Balaban J connectivity index is 1.90. The quantitative estimate of drug-likeness (QED) is 0.130. The SMILES string of the molecule is CCCCOc1ccc(C(=O)C(C(=O)c2ccc(OCCCC)cc2)c2cc(O)ccc2O)cc1. The Morgan fingerprint density at radius 2 is 1.17 bits per heavy atom. The number of hydrogen-bond acceptors (Lipinski definition) is 6. The van der Waals surface area contributed by atoms with Crippen LogP contribution in [0.1, 0.15) is 71.7 Å². The lowest BCUT2D eigenvalue weighted by molar-refractivity contribution is 0.0858. The van der Waals surface area contributed by atoms with Crippen molar-refractivity contribution in [2.45, 2.75) is 45.4 Å². The van der Waals surface area contributed by atoms with Crippen molar-refractivity contribution < 1.29 is 29.3 Å². The molecular weight excluding hydrogens is 444 g/mol. The van der Waals surface area contributed by atoms with Crippen LogP contribution in [0.25, 0.3) is 0 Å². The van der Waals surface area contributed by atoms with E-state index in [-0.39, 0.29) is 17.1 Å². The molecule has 0 aliphatic carbocycles. The van der Waals surface area contributed by atoms with E-state index in [1.807, 2.05) is 0 Å². The fourth-order valence-corrected chi connectivity index (χ4v) is 3.61. The zero-order valence-corrected chi connectivity index (χ0v) is 20.2. The van der Waals surface area contributed by atoms with Crippen LogP contribution in [0, 0.1) is 0 Å². The zero-order chi connectivity index (χ0) is 25.2. The molecule has 6 heteroatoms. The molecule has 0 aliphatic heterocycles. The van der Waals surface area contributed by atoms with Crippen LogP contribution in [0.4, 0.5) is 0 Å². The summed E-state index contributed by atoms with van der Waals surface area (Å²) in [6.45, 7) is 5.32. The molecular formula is C29H32O6. The summed E-state index contributed by atoms with van der Waals surface area (Å²) >= 11 is 0. The van der Waals surface area contributed by atoms with Crippen molar-refractivity contribution >= 4 is 11.6 Å². The van der Waals surface area contributed by atoms with Gasteiger partial charge in [-0.05, 0) is 79.6 Å². The molecule has 0 saturated heterocycles. The third-order valence-corrected chi connectivity index (χ3v) is 5.66. The van der Waals surface area contributed by atoms with Gasteiger partial charge in [-0.15, -0.1) is 0 Å². The van der Waals surface area contributed by atoms with E-state index < -0.39 is 17.5 Å². The second-order valence-electron chi connectivity index (χ2n) is 8.36. The van der Waals surface area contributed by atoms with E-state index in [9.17, 15) is 19.8 Å². The van der Waals surface area contributed by atoms with E-state index in [1.165, 1.54) is 18.2 Å². The minimum absolute atomic E-state index is 0.0477. The molecule has 6 nitrogen and oxygen atoms in total. The maximum absolute atomic E-state index is 13.6. The number of Topliss-reactive ketones (excluding diaryl/α,β-unsaturated/α-hetero) is 2. The molecule has 3 aromatic carbocycles. The van der Waals surface area contributed by atoms with E-state index in [1.54, 1.807) is 48.5 Å². The Bertz CT molecular complexity index is 1050. The van der Waals surface area contributed by atoms with Crippen LogP contribution in [-0.2, 0) is 0 Å². The predicted molar refractivity (Wildman–Crippen MR) is 135 cm³/mol. The Morgan fingerprint density at radius 1 is 0.714 bits per heavy atom. The van der Waals surface area contributed by atoms with E-state index in [2.05, 4.69) is 13.8 Å². The molecule has 2 N–H and O–H groups in total. The van der Waals surface area contributed by atoms with Gasteiger partial charge in [0.1, 0.15) is 28.9 Å². The average molecular weight is 477 g/mol. The van der Waals surface area contributed by atoms with Crippen LogP contribution in [-0.4, -0.2) is 35.0 Å². The number of rotatable bonds is 13. The summed E-state index contributed by atoms with van der Waals surface area (Å²) in [5.41, 5.74) is 0.647. The van der Waals surface area contributed by atoms with Gasteiger partial charge in [-0.1, -0.05) is 26.7 Å². The van der Waals surface area contributed by atoms with Crippen LogP contribution < -0.4 is 9.47 Å². The maximum atomic E-state index is 13.6. The molecule has 184 valence electrons. The Hall–Kier alpha value is -3.80. The topological polar surface area (TPSA) is 93.1 Å². The normalized spacial score (nSPS) is 10.8. The van der Waals surface area contributed by atoms with Gasteiger partial charge < -0.3 is 19.7 Å². The van der Waals surface area contributed by atoms with Crippen LogP contribution in [0.2, 0.25) is 0 Å². The molecule has 0 fully saturated rings. The van der Waals surface area contributed by atoms with Gasteiger partial charge in [0.25, 0.3) is 0 Å². The first-order valence-electron chi connectivity index (χ1n) is 12.0. The van der Waals surface area contributed by atoms with E-state index >= 15 is 0 Å². The fraction of sp³-hybridized carbons (Fsp3) is 0.310. The van der Waals surface area contributed by atoms with Crippen molar-refractivity contribution in [1.82, 2.24) is 0 Å². The van der Waals surface area contributed by atoms with Crippen LogP contribution in [0.15, 0.2) is 66.7 Å². The van der Waals surface area contributed by atoms with Crippen LogP contribution in [0.3, 0.4) is 0 Å². The molecule has 3 aromatic rings. The zero-order valence-electron chi connectivity index (χ0n) is 20.2. The number of unbranched alkanes of at least 4 members (excludes halogenated alkanes) is 2. The van der Waals surface area contributed by atoms with E-state index in [4.69, 9.17) is 9.47 Å². The first-order chi connectivity index (χ1) is 16.9. The second-order valence-corrected chi connectivity index (χ2v) is 8.36. The number of ether oxygens (including phenoxy) is 2. The van der Waals surface area contributed by atoms with Crippen molar-refractivity contribution in [3.63, 3.8) is 0 Å². The van der Waals surface area contributed by atoms with Gasteiger partial charge in [0.15, 0.2) is 11.6 Å². The highest BCUT2D eigenvalue weighted by atomic mass is 16.5. The lowest BCUT2D eigenvalue weighted by Gasteiger charge is -2.18. The Kier molecular flexibility index (Phi) is 9.30. The number of phenols is 2. The summed E-state index contributed by atoms with van der Waals surface area (Å²) in [5, 5.41) is 20.5. The lowest BCUT2D eigenvalue weighted by atomic mass is 9.84. The molecule has 0 spiro atoms. The first kappa shape index (κ1) is 25.8. The summed E-state index contributed by atoms with van der Waals surface area (Å²) in [5.74, 6) is -1.43. The van der Waals surface area contributed by atoms with Crippen molar-refractivity contribution in [1.29, 1.82) is 0 Å². The number of carbonyl (C=O) groups excluding carboxylic acids is 2. The second kappa shape index (κ2) is 12.6. The smallest absolute Gasteiger partial charge is 0.178 e. The molecule has 0 aliphatic rings. The summed E-state index contributed by atoms with van der Waals surface area (Å²) in [4.78, 5) is 27.1. The highest BCUT2D eigenvalue weighted by molar-refractivity contribution is 6.20. The molecule has 0 aromatic heterocycles. The van der Waals surface area contributed by atoms with Gasteiger partial charge in [0.2, 0.25) is 0 Å². The number of carbonyl (C=O) groups is 2. The monoisotopic (exact) mass is 476 g/mol. The fourth-order valence-electron chi connectivity index (χ4n) is 3.61. The van der Waals surface area contributed by atoms with Gasteiger partial charge in [-0.2, -0.15) is 0 Å². The lowest BCUT2D eigenvalue weighted by Crippen LogP contribution is -2.23. The molecule has 0 radical (unpaired) electrons. The van der Waals surface area contributed by atoms with Crippen molar-refractivity contribution in [3.05, 3.63) is 83.4 Å². The van der Waals surface area contributed by atoms with Crippen molar-refractivity contribution in [2.24, 2.45) is 0 Å². The number of phenolic OH excluding ortho intramolecular Hbond substituents is 2.